The van der Waals surface area contributed by atoms with E-state index in [-0.39, 0.29) is 0 Å². The molecular formula is C10H13BrN2OS. The van der Waals surface area contributed by atoms with Gasteiger partial charge in [0, 0.05) is 11.8 Å². The maximum absolute atomic E-state index is 11.9. The Morgan fingerprint density at radius 3 is 3.13 bits per heavy atom. The van der Waals surface area contributed by atoms with E-state index in [2.05, 4.69) is 26.2 Å². The Morgan fingerprint density at radius 1 is 1.60 bits per heavy atom. The Morgan fingerprint density at radius 2 is 2.47 bits per heavy atom. The summed E-state index contributed by atoms with van der Waals surface area (Å²) < 4.78 is 12.7. The van der Waals surface area contributed by atoms with Gasteiger partial charge in [-0.3, -0.25) is 4.21 Å². The molecule has 0 unspecified atom stereocenters. The van der Waals surface area contributed by atoms with E-state index < -0.39 is 10.8 Å². The van der Waals surface area contributed by atoms with Crippen LogP contribution in [0.1, 0.15) is 12.8 Å². The third-order valence-electron chi connectivity index (χ3n) is 2.44. The van der Waals surface area contributed by atoms with Crippen LogP contribution in [-0.2, 0) is 10.8 Å². The molecule has 0 spiro atoms. The molecule has 0 aliphatic carbocycles. The fraction of sp³-hybridized carbons (Fsp3) is 0.500. The van der Waals surface area contributed by atoms with Gasteiger partial charge in [0.05, 0.1) is 10.8 Å². The van der Waals surface area contributed by atoms with Crippen LogP contribution >= 0.6 is 15.9 Å². The molecule has 2 rings (SSSR count). The molecule has 0 amide bonds. The lowest BCUT2D eigenvalue weighted by Crippen LogP contribution is -2.27. The van der Waals surface area contributed by atoms with Crippen molar-refractivity contribution in [1.29, 1.82) is 0 Å². The second-order valence-electron chi connectivity index (χ2n) is 3.60. The average Bonchev–Trinajstić information content (AvgIpc) is 2.70. The molecule has 1 aliphatic heterocycles. The summed E-state index contributed by atoms with van der Waals surface area (Å²) >= 11 is 3.28. The highest BCUT2D eigenvalue weighted by atomic mass is 79.9. The number of nitrogens with one attached hydrogen (secondary N) is 1. The molecule has 82 valence electrons. The first-order chi connectivity index (χ1) is 7.25. The van der Waals surface area contributed by atoms with E-state index in [4.69, 9.17) is 0 Å². The van der Waals surface area contributed by atoms with E-state index in [1.165, 1.54) is 6.42 Å². The summed E-state index contributed by atoms with van der Waals surface area (Å²) in [4.78, 5) is 4.20. The summed E-state index contributed by atoms with van der Waals surface area (Å²) in [6.45, 7) is 1.05. The Bertz CT molecular complexity index is 366. The Balaban J connectivity index is 2.01. The summed E-state index contributed by atoms with van der Waals surface area (Å²) in [5.74, 6) is 0.670. The minimum absolute atomic E-state index is 0.395. The fourth-order valence-corrected chi connectivity index (χ4v) is 3.40. The van der Waals surface area contributed by atoms with Gasteiger partial charge in [-0.15, -0.1) is 0 Å². The van der Waals surface area contributed by atoms with Crippen molar-refractivity contribution in [1.82, 2.24) is 10.3 Å². The van der Waals surface area contributed by atoms with Crippen LogP contribution in [0.3, 0.4) is 0 Å². The summed E-state index contributed by atoms with van der Waals surface area (Å²) in [5.41, 5.74) is 0. The van der Waals surface area contributed by atoms with E-state index in [1.807, 2.05) is 18.2 Å². The number of rotatable bonds is 3. The van der Waals surface area contributed by atoms with Gasteiger partial charge in [-0.25, -0.2) is 4.98 Å². The number of aromatic nitrogens is 1. The van der Waals surface area contributed by atoms with Gasteiger partial charge in [0.2, 0.25) is 0 Å². The van der Waals surface area contributed by atoms with Crippen LogP contribution in [0.2, 0.25) is 0 Å². The molecule has 0 saturated carbocycles. The molecule has 0 aromatic carbocycles. The van der Waals surface area contributed by atoms with Crippen molar-refractivity contribution in [2.45, 2.75) is 23.9 Å². The van der Waals surface area contributed by atoms with Crippen molar-refractivity contribution < 1.29 is 4.21 Å². The first-order valence-electron chi connectivity index (χ1n) is 5.00. The van der Waals surface area contributed by atoms with E-state index in [0.29, 0.717) is 16.8 Å². The van der Waals surface area contributed by atoms with Crippen LogP contribution in [0.4, 0.5) is 0 Å². The lowest BCUT2D eigenvalue weighted by Gasteiger charge is -2.08. The fourth-order valence-electron chi connectivity index (χ4n) is 1.68. The molecule has 2 atom stereocenters. The van der Waals surface area contributed by atoms with Crippen LogP contribution in [-0.4, -0.2) is 27.5 Å². The van der Waals surface area contributed by atoms with Gasteiger partial charge in [-0.2, -0.15) is 0 Å². The predicted octanol–water partition coefficient (Wildman–Crippen LogP) is 1.70. The highest BCUT2D eigenvalue weighted by molar-refractivity contribution is 9.10. The summed E-state index contributed by atoms with van der Waals surface area (Å²) in [6.07, 6.45) is 2.31. The van der Waals surface area contributed by atoms with Crippen molar-refractivity contribution in [2.24, 2.45) is 0 Å². The Hall–Kier alpha value is -0.260. The lowest BCUT2D eigenvalue weighted by molar-refractivity contribution is 0.641. The first-order valence-corrected chi connectivity index (χ1v) is 7.11. The standard InChI is InChI=1S/C10H13BrN2OS/c11-9-4-1-5-10(13-9)15(14)7-8-3-2-6-12-8/h1,4-5,8,12H,2-3,6-7H2/t8-,15-/m1/s1. The lowest BCUT2D eigenvalue weighted by atomic mass is 10.3. The van der Waals surface area contributed by atoms with Crippen molar-refractivity contribution in [3.8, 4) is 0 Å². The minimum atomic E-state index is -0.987. The van der Waals surface area contributed by atoms with E-state index in [9.17, 15) is 4.21 Å². The molecule has 5 heteroatoms. The number of hydrogen-bond donors (Lipinski definition) is 1. The van der Waals surface area contributed by atoms with Crippen LogP contribution in [0, 0.1) is 0 Å². The van der Waals surface area contributed by atoms with E-state index in [1.54, 1.807) is 0 Å². The topological polar surface area (TPSA) is 42.0 Å². The van der Waals surface area contributed by atoms with Gasteiger partial charge in [0.15, 0.2) is 0 Å². The van der Waals surface area contributed by atoms with Crippen molar-refractivity contribution in [3.05, 3.63) is 22.8 Å². The highest BCUT2D eigenvalue weighted by Crippen LogP contribution is 2.13. The molecule has 1 aromatic rings. The van der Waals surface area contributed by atoms with Crippen molar-refractivity contribution in [3.63, 3.8) is 0 Å². The maximum Gasteiger partial charge on any atom is 0.128 e. The van der Waals surface area contributed by atoms with Gasteiger partial charge < -0.3 is 5.32 Å². The van der Waals surface area contributed by atoms with Crippen LogP contribution in [0.5, 0.6) is 0 Å². The molecule has 1 fully saturated rings. The van der Waals surface area contributed by atoms with Gasteiger partial charge in [-0.05, 0) is 47.4 Å². The van der Waals surface area contributed by atoms with Crippen LogP contribution in [0.15, 0.2) is 27.8 Å². The monoisotopic (exact) mass is 288 g/mol. The number of nitrogens with zero attached hydrogens (tertiary/aromatic N) is 1. The third-order valence-corrected chi connectivity index (χ3v) is 4.28. The van der Waals surface area contributed by atoms with Gasteiger partial charge in [-0.1, -0.05) is 6.07 Å². The third kappa shape index (κ3) is 3.09. The van der Waals surface area contributed by atoms with Gasteiger partial charge in [0.1, 0.15) is 9.63 Å². The zero-order valence-corrected chi connectivity index (χ0v) is 10.7. The highest BCUT2D eigenvalue weighted by Gasteiger charge is 2.18. The van der Waals surface area contributed by atoms with E-state index >= 15 is 0 Å². The molecule has 1 saturated heterocycles. The van der Waals surface area contributed by atoms with Crippen molar-refractivity contribution in [2.75, 3.05) is 12.3 Å². The minimum Gasteiger partial charge on any atom is -0.313 e. The smallest absolute Gasteiger partial charge is 0.128 e. The molecular weight excluding hydrogens is 276 g/mol. The summed E-state index contributed by atoms with van der Waals surface area (Å²) in [6, 6.07) is 5.92. The number of pyridine rings is 1. The molecule has 2 heterocycles. The molecule has 0 radical (unpaired) electrons. The van der Waals surface area contributed by atoms with Crippen molar-refractivity contribution >= 4 is 26.7 Å². The first kappa shape index (κ1) is 11.2. The van der Waals surface area contributed by atoms with Gasteiger partial charge >= 0.3 is 0 Å². The Kier molecular flexibility index (Phi) is 3.88. The molecule has 15 heavy (non-hydrogen) atoms. The van der Waals surface area contributed by atoms with Crippen LogP contribution < -0.4 is 5.32 Å². The zero-order chi connectivity index (χ0) is 10.7. The number of halogens is 1. The average molecular weight is 289 g/mol. The van der Waals surface area contributed by atoms with Crippen LogP contribution in [0.25, 0.3) is 0 Å². The molecule has 1 aliphatic rings. The quantitative estimate of drug-likeness (QED) is 0.861. The number of hydrogen-bond acceptors (Lipinski definition) is 3. The summed E-state index contributed by atoms with van der Waals surface area (Å²) in [7, 11) is -0.987. The second-order valence-corrected chi connectivity index (χ2v) is 5.86. The predicted molar refractivity (Wildman–Crippen MR) is 64.2 cm³/mol. The summed E-state index contributed by atoms with van der Waals surface area (Å²) in [5, 5.41) is 4.00. The maximum atomic E-state index is 11.9. The molecule has 1 aromatic heterocycles. The normalized spacial score (nSPS) is 22.9. The molecule has 1 N–H and O–H groups in total. The molecule has 0 bridgehead atoms. The Labute approximate surface area is 100 Å². The van der Waals surface area contributed by atoms with E-state index in [0.717, 1.165) is 17.6 Å². The largest absolute Gasteiger partial charge is 0.313 e. The van der Waals surface area contributed by atoms with Gasteiger partial charge in [0.25, 0.3) is 0 Å². The second kappa shape index (κ2) is 5.18. The SMILES string of the molecule is O=[S@](C[C@H]1CCCN1)c1cccc(Br)n1. The molecule has 3 nitrogen and oxygen atoms in total. The zero-order valence-electron chi connectivity index (χ0n) is 8.28.